The molecule has 2 heterocycles. The van der Waals surface area contributed by atoms with Gasteiger partial charge in [-0.05, 0) is 12.1 Å². The summed E-state index contributed by atoms with van der Waals surface area (Å²) in [6, 6.07) is 18.9. The van der Waals surface area contributed by atoms with Crippen LogP contribution in [0.5, 0.6) is 0 Å². The van der Waals surface area contributed by atoms with Crippen molar-refractivity contribution in [2.75, 3.05) is 14.1 Å². The number of imide groups is 1. The lowest BCUT2D eigenvalue weighted by atomic mass is 9.72. The van der Waals surface area contributed by atoms with Gasteiger partial charge in [-0.1, -0.05) is 60.7 Å². The van der Waals surface area contributed by atoms with Gasteiger partial charge in [-0.3, -0.25) is 19.3 Å². The van der Waals surface area contributed by atoms with Crippen molar-refractivity contribution < 1.29 is 23.6 Å². The molecule has 7 nitrogen and oxygen atoms in total. The standard InChI is InChI=1S/C24H20N2O5/c1-25-22(29)24(26(2)23(25)30,18-14-9-15-31-18)19(20(27)16-10-5-3-6-11-16)21(28)17-12-7-4-8-13-17/h3-15,19H,1-2H3. The zero-order valence-corrected chi connectivity index (χ0v) is 17.0. The van der Waals surface area contributed by atoms with E-state index in [2.05, 4.69) is 0 Å². The molecule has 1 atom stereocenters. The van der Waals surface area contributed by atoms with E-state index in [0.717, 1.165) is 9.80 Å². The number of furan rings is 1. The van der Waals surface area contributed by atoms with Crippen LogP contribution in [0.2, 0.25) is 0 Å². The molecule has 0 saturated carbocycles. The fourth-order valence-electron chi connectivity index (χ4n) is 4.12. The fraction of sp³-hybridized carbons (Fsp3) is 0.167. The molecule has 1 aliphatic heterocycles. The molecule has 0 bridgehead atoms. The van der Waals surface area contributed by atoms with Crippen LogP contribution in [0.25, 0.3) is 0 Å². The molecule has 2 aromatic carbocycles. The Hall–Kier alpha value is -4.00. The predicted octanol–water partition coefficient (Wildman–Crippen LogP) is 3.38. The van der Waals surface area contributed by atoms with Crippen LogP contribution in [0.4, 0.5) is 4.79 Å². The number of carbonyl (C=O) groups is 4. The number of likely N-dealkylation sites (N-methyl/N-ethyl adjacent to an activating group) is 2. The van der Waals surface area contributed by atoms with Gasteiger partial charge in [0.2, 0.25) is 0 Å². The predicted molar refractivity (Wildman–Crippen MR) is 111 cm³/mol. The van der Waals surface area contributed by atoms with Gasteiger partial charge in [-0.2, -0.15) is 0 Å². The molecule has 1 fully saturated rings. The Morgan fingerprint density at radius 3 is 1.71 bits per heavy atom. The number of carbonyl (C=O) groups excluding carboxylic acids is 4. The van der Waals surface area contributed by atoms with Gasteiger partial charge in [0.25, 0.3) is 5.91 Å². The SMILES string of the molecule is CN1C(=O)N(C)C(c2ccco2)(C(C(=O)c2ccccc2)C(=O)c2ccccc2)C1=O. The number of Topliss-reactive ketones (excluding diaryl/α,β-unsaturated/α-hetero) is 2. The summed E-state index contributed by atoms with van der Waals surface area (Å²) >= 11 is 0. The van der Waals surface area contributed by atoms with Crippen LogP contribution in [-0.4, -0.2) is 47.4 Å². The highest BCUT2D eigenvalue weighted by Gasteiger charge is 2.66. The van der Waals surface area contributed by atoms with E-state index in [0.29, 0.717) is 0 Å². The van der Waals surface area contributed by atoms with Crippen molar-refractivity contribution in [1.82, 2.24) is 9.80 Å². The monoisotopic (exact) mass is 416 g/mol. The summed E-state index contributed by atoms with van der Waals surface area (Å²) in [5, 5.41) is 0. The van der Waals surface area contributed by atoms with Gasteiger partial charge in [0.05, 0.1) is 6.26 Å². The van der Waals surface area contributed by atoms with E-state index in [9.17, 15) is 19.2 Å². The number of rotatable bonds is 6. The zero-order chi connectivity index (χ0) is 22.2. The van der Waals surface area contributed by atoms with E-state index >= 15 is 0 Å². The van der Waals surface area contributed by atoms with E-state index in [4.69, 9.17) is 4.42 Å². The van der Waals surface area contributed by atoms with Crippen LogP contribution in [-0.2, 0) is 10.3 Å². The van der Waals surface area contributed by atoms with Crippen molar-refractivity contribution in [3.8, 4) is 0 Å². The van der Waals surface area contributed by atoms with Crippen molar-refractivity contribution in [3.63, 3.8) is 0 Å². The first-order valence-electron chi connectivity index (χ1n) is 9.69. The van der Waals surface area contributed by atoms with Gasteiger partial charge in [-0.25, -0.2) is 4.79 Å². The highest BCUT2D eigenvalue weighted by molar-refractivity contribution is 6.22. The highest BCUT2D eigenvalue weighted by atomic mass is 16.3. The van der Waals surface area contributed by atoms with Gasteiger partial charge >= 0.3 is 6.03 Å². The number of hydrogen-bond acceptors (Lipinski definition) is 5. The number of ketones is 2. The van der Waals surface area contributed by atoms with Gasteiger partial charge < -0.3 is 9.32 Å². The first-order valence-corrected chi connectivity index (χ1v) is 9.69. The Morgan fingerprint density at radius 2 is 1.32 bits per heavy atom. The molecular formula is C24H20N2O5. The Morgan fingerprint density at radius 1 is 0.806 bits per heavy atom. The lowest BCUT2D eigenvalue weighted by Gasteiger charge is -2.36. The van der Waals surface area contributed by atoms with Gasteiger partial charge in [0.1, 0.15) is 11.7 Å². The molecule has 0 N–H and O–H groups in total. The third-order valence-corrected chi connectivity index (χ3v) is 5.69. The van der Waals surface area contributed by atoms with E-state index in [1.807, 2.05) is 0 Å². The maximum atomic E-state index is 13.8. The molecule has 1 saturated heterocycles. The summed E-state index contributed by atoms with van der Waals surface area (Å²) in [6.45, 7) is 0. The van der Waals surface area contributed by atoms with Crippen LogP contribution in [0.15, 0.2) is 83.5 Å². The second kappa shape index (κ2) is 7.68. The number of nitrogens with zero attached hydrogens (tertiary/aromatic N) is 2. The Kier molecular flexibility index (Phi) is 5.02. The van der Waals surface area contributed by atoms with Gasteiger partial charge in [-0.15, -0.1) is 0 Å². The summed E-state index contributed by atoms with van der Waals surface area (Å²) in [6.07, 6.45) is 1.35. The maximum absolute atomic E-state index is 13.8. The Balaban J connectivity index is 2.00. The summed E-state index contributed by atoms with van der Waals surface area (Å²) < 4.78 is 5.57. The summed E-state index contributed by atoms with van der Waals surface area (Å²) in [4.78, 5) is 56.0. The lowest BCUT2D eigenvalue weighted by molar-refractivity contribution is -0.135. The molecule has 0 aliphatic carbocycles. The molecule has 0 spiro atoms. The molecule has 156 valence electrons. The Labute approximate surface area is 178 Å². The fourth-order valence-corrected chi connectivity index (χ4v) is 4.12. The minimum atomic E-state index is -1.95. The van der Waals surface area contributed by atoms with Crippen LogP contribution in [0, 0.1) is 5.92 Å². The topological polar surface area (TPSA) is 87.9 Å². The van der Waals surface area contributed by atoms with Crippen LogP contribution in [0.1, 0.15) is 26.5 Å². The molecule has 1 aliphatic rings. The smallest absolute Gasteiger partial charge is 0.327 e. The van der Waals surface area contributed by atoms with E-state index in [1.54, 1.807) is 66.7 Å². The van der Waals surface area contributed by atoms with Crippen molar-refractivity contribution in [2.45, 2.75) is 5.54 Å². The number of amides is 3. The van der Waals surface area contributed by atoms with E-state index in [1.165, 1.54) is 26.4 Å². The van der Waals surface area contributed by atoms with Crippen molar-refractivity contribution in [2.24, 2.45) is 5.92 Å². The van der Waals surface area contributed by atoms with E-state index < -0.39 is 35.0 Å². The van der Waals surface area contributed by atoms with Crippen LogP contribution < -0.4 is 0 Å². The number of hydrogen-bond donors (Lipinski definition) is 0. The van der Waals surface area contributed by atoms with Crippen LogP contribution >= 0.6 is 0 Å². The van der Waals surface area contributed by atoms with Crippen molar-refractivity contribution >= 4 is 23.5 Å². The highest BCUT2D eigenvalue weighted by Crippen LogP contribution is 2.45. The quantitative estimate of drug-likeness (QED) is 0.349. The maximum Gasteiger partial charge on any atom is 0.327 e. The first kappa shape index (κ1) is 20.3. The Bertz CT molecular complexity index is 1090. The summed E-state index contributed by atoms with van der Waals surface area (Å²) in [5.74, 6) is -3.34. The second-order valence-electron chi connectivity index (χ2n) is 7.34. The largest absolute Gasteiger partial charge is 0.466 e. The second-order valence-corrected chi connectivity index (χ2v) is 7.34. The molecule has 3 amide bonds. The third kappa shape index (κ3) is 2.97. The number of benzene rings is 2. The molecular weight excluding hydrogens is 396 g/mol. The van der Waals surface area contributed by atoms with Crippen LogP contribution in [0.3, 0.4) is 0 Å². The molecule has 3 aromatic rings. The molecule has 1 unspecified atom stereocenters. The van der Waals surface area contributed by atoms with Crippen molar-refractivity contribution in [3.05, 3.63) is 95.9 Å². The van der Waals surface area contributed by atoms with Crippen molar-refractivity contribution in [1.29, 1.82) is 0 Å². The summed E-state index contributed by atoms with van der Waals surface area (Å²) in [7, 11) is 2.72. The molecule has 31 heavy (non-hydrogen) atoms. The minimum Gasteiger partial charge on any atom is -0.466 e. The molecule has 1 aromatic heterocycles. The van der Waals surface area contributed by atoms with E-state index in [-0.39, 0.29) is 16.9 Å². The third-order valence-electron chi connectivity index (χ3n) is 5.69. The normalized spacial score (nSPS) is 18.7. The van der Waals surface area contributed by atoms with Gasteiger partial charge in [0.15, 0.2) is 17.1 Å². The first-order chi connectivity index (χ1) is 14.9. The number of urea groups is 1. The van der Waals surface area contributed by atoms with Gasteiger partial charge in [0, 0.05) is 25.2 Å². The summed E-state index contributed by atoms with van der Waals surface area (Å²) in [5.41, 5.74) is -1.44. The minimum absolute atomic E-state index is 0.0521. The molecule has 4 rings (SSSR count). The average molecular weight is 416 g/mol. The average Bonchev–Trinajstić information content (AvgIpc) is 3.40. The zero-order valence-electron chi connectivity index (χ0n) is 17.0. The lowest BCUT2D eigenvalue weighted by Crippen LogP contribution is -2.56. The molecule has 7 heteroatoms. The molecule has 0 radical (unpaired) electrons.